The maximum Gasteiger partial charge on any atom is 0.255 e. The van der Waals surface area contributed by atoms with E-state index in [0.29, 0.717) is 17.4 Å². The fourth-order valence-corrected chi connectivity index (χ4v) is 3.10. The first-order valence-corrected chi connectivity index (χ1v) is 6.48. The highest BCUT2D eigenvalue weighted by Gasteiger charge is 2.38. The van der Waals surface area contributed by atoms with Crippen molar-refractivity contribution in [2.45, 2.75) is 0 Å². The summed E-state index contributed by atoms with van der Waals surface area (Å²) in [5.74, 6) is 0.592. The van der Waals surface area contributed by atoms with Crippen molar-refractivity contribution in [3.63, 3.8) is 0 Å². The third-order valence-corrected chi connectivity index (χ3v) is 4.15. The van der Waals surface area contributed by atoms with Crippen LogP contribution < -0.4 is 5.32 Å². The van der Waals surface area contributed by atoms with Crippen molar-refractivity contribution in [3.05, 3.63) is 34.6 Å². The molecule has 19 heavy (non-hydrogen) atoms. The van der Waals surface area contributed by atoms with Gasteiger partial charge in [0.1, 0.15) is 5.82 Å². The number of carbonyl (C=O) groups excluding carboxylic acids is 1. The highest BCUT2D eigenvalue weighted by atomic mass is 35.5. The van der Waals surface area contributed by atoms with Gasteiger partial charge < -0.3 is 10.2 Å². The van der Waals surface area contributed by atoms with Gasteiger partial charge in [-0.15, -0.1) is 12.4 Å². The molecule has 2 aliphatic rings. The van der Waals surface area contributed by atoms with Crippen LogP contribution in [-0.2, 0) is 0 Å². The van der Waals surface area contributed by atoms with Crippen LogP contribution in [-0.4, -0.2) is 37.0 Å². The molecule has 2 saturated heterocycles. The van der Waals surface area contributed by atoms with E-state index >= 15 is 0 Å². The summed E-state index contributed by atoms with van der Waals surface area (Å²) in [6.45, 7) is 3.49. The Labute approximate surface area is 122 Å². The van der Waals surface area contributed by atoms with Gasteiger partial charge in [0.05, 0.1) is 10.6 Å². The molecular formula is C13H15Cl2FN2O. The van der Waals surface area contributed by atoms with Crippen LogP contribution in [0.1, 0.15) is 10.4 Å². The Kier molecular flexibility index (Phi) is 4.33. The first-order valence-electron chi connectivity index (χ1n) is 6.10. The van der Waals surface area contributed by atoms with Crippen LogP contribution in [0.25, 0.3) is 0 Å². The van der Waals surface area contributed by atoms with Gasteiger partial charge in [-0.25, -0.2) is 4.39 Å². The van der Waals surface area contributed by atoms with Crippen LogP contribution in [0, 0.1) is 17.7 Å². The lowest BCUT2D eigenvalue weighted by molar-refractivity contribution is 0.0782. The van der Waals surface area contributed by atoms with Crippen molar-refractivity contribution < 1.29 is 9.18 Å². The monoisotopic (exact) mass is 304 g/mol. The molecule has 0 aliphatic carbocycles. The van der Waals surface area contributed by atoms with Crippen LogP contribution in [0.5, 0.6) is 0 Å². The molecule has 2 atom stereocenters. The number of carbonyl (C=O) groups is 1. The Morgan fingerprint density at radius 3 is 2.53 bits per heavy atom. The van der Waals surface area contributed by atoms with Gasteiger partial charge in [0.15, 0.2) is 0 Å². The van der Waals surface area contributed by atoms with Gasteiger partial charge in [0.25, 0.3) is 5.91 Å². The summed E-state index contributed by atoms with van der Waals surface area (Å²) in [5.41, 5.74) is 0.394. The van der Waals surface area contributed by atoms with Crippen molar-refractivity contribution in [2.75, 3.05) is 26.2 Å². The number of hydrogen-bond donors (Lipinski definition) is 1. The second kappa shape index (κ2) is 5.65. The lowest BCUT2D eigenvalue weighted by Crippen LogP contribution is -2.32. The largest absolute Gasteiger partial charge is 0.338 e. The Bertz CT molecular complexity index is 486. The number of hydrogen-bond acceptors (Lipinski definition) is 2. The first kappa shape index (κ1) is 14.6. The third kappa shape index (κ3) is 2.71. The predicted molar refractivity (Wildman–Crippen MR) is 74.4 cm³/mol. The summed E-state index contributed by atoms with van der Waals surface area (Å²) in [5, 5.41) is 3.52. The number of halogens is 3. The Balaban J connectivity index is 0.00000133. The molecule has 0 saturated carbocycles. The van der Waals surface area contributed by atoms with Gasteiger partial charge in [-0.3, -0.25) is 4.79 Å². The van der Waals surface area contributed by atoms with Gasteiger partial charge >= 0.3 is 0 Å². The lowest BCUT2D eigenvalue weighted by Gasteiger charge is -2.18. The highest BCUT2D eigenvalue weighted by Crippen LogP contribution is 2.28. The molecule has 2 fully saturated rings. The molecule has 104 valence electrons. The van der Waals surface area contributed by atoms with Crippen molar-refractivity contribution in [3.8, 4) is 0 Å². The molecule has 2 aliphatic heterocycles. The predicted octanol–water partition coefficient (Wildman–Crippen LogP) is 2.19. The second-order valence-electron chi connectivity index (χ2n) is 5.01. The number of benzene rings is 1. The van der Waals surface area contributed by atoms with Crippen molar-refractivity contribution in [1.29, 1.82) is 0 Å². The zero-order valence-electron chi connectivity index (χ0n) is 10.2. The van der Waals surface area contributed by atoms with E-state index in [9.17, 15) is 9.18 Å². The average molecular weight is 305 g/mol. The van der Waals surface area contributed by atoms with Gasteiger partial charge in [-0.05, 0) is 30.0 Å². The van der Waals surface area contributed by atoms with Gasteiger partial charge in [-0.1, -0.05) is 11.6 Å². The van der Waals surface area contributed by atoms with Gasteiger partial charge in [0.2, 0.25) is 0 Å². The molecule has 2 heterocycles. The Morgan fingerprint density at radius 2 is 1.95 bits per heavy atom. The average Bonchev–Trinajstić information content (AvgIpc) is 2.87. The number of nitrogens with zero attached hydrogens (tertiary/aromatic N) is 1. The normalized spacial score (nSPS) is 25.1. The molecule has 0 unspecified atom stereocenters. The van der Waals surface area contributed by atoms with Crippen LogP contribution in [0.2, 0.25) is 5.02 Å². The van der Waals surface area contributed by atoms with Crippen LogP contribution in [0.15, 0.2) is 18.2 Å². The molecule has 3 rings (SSSR count). The minimum Gasteiger partial charge on any atom is -0.338 e. The second-order valence-corrected chi connectivity index (χ2v) is 5.42. The summed E-state index contributed by atoms with van der Waals surface area (Å²) < 4.78 is 13.0. The van der Waals surface area contributed by atoms with E-state index in [-0.39, 0.29) is 23.3 Å². The van der Waals surface area contributed by atoms with E-state index < -0.39 is 5.82 Å². The minimum absolute atomic E-state index is 0. The smallest absolute Gasteiger partial charge is 0.255 e. The zero-order chi connectivity index (χ0) is 12.7. The number of nitrogens with one attached hydrogen (secondary N) is 1. The summed E-state index contributed by atoms with van der Waals surface area (Å²) >= 11 is 5.92. The van der Waals surface area contributed by atoms with Crippen molar-refractivity contribution in [2.24, 2.45) is 11.8 Å². The van der Waals surface area contributed by atoms with Crippen LogP contribution in [0.3, 0.4) is 0 Å². The van der Waals surface area contributed by atoms with Crippen LogP contribution in [0.4, 0.5) is 4.39 Å². The molecule has 1 aromatic rings. The molecule has 3 nitrogen and oxygen atoms in total. The molecule has 1 amide bonds. The third-order valence-electron chi connectivity index (χ3n) is 3.84. The first-order chi connectivity index (χ1) is 8.65. The number of likely N-dealkylation sites (tertiary alicyclic amines) is 1. The number of rotatable bonds is 1. The quantitative estimate of drug-likeness (QED) is 0.862. The highest BCUT2D eigenvalue weighted by molar-refractivity contribution is 6.33. The lowest BCUT2D eigenvalue weighted by atomic mass is 10.0. The molecule has 1 aromatic carbocycles. The van der Waals surface area contributed by atoms with E-state index in [1.165, 1.54) is 18.2 Å². The maximum atomic E-state index is 13.0. The summed E-state index contributed by atoms with van der Waals surface area (Å²) in [4.78, 5) is 14.1. The SMILES string of the molecule is Cl.O=C(c1ccc(F)cc1Cl)N1C[C@H]2CNC[C@H]2C1. The fourth-order valence-electron chi connectivity index (χ4n) is 2.85. The topological polar surface area (TPSA) is 32.3 Å². The standard InChI is InChI=1S/C13H14ClFN2O.ClH/c14-12-3-10(15)1-2-11(12)13(18)17-6-8-4-16-5-9(8)7-17;/h1-3,8-9,16H,4-7H2;1H/t8-,9+;. The molecule has 6 heteroatoms. The van der Waals surface area contributed by atoms with E-state index in [2.05, 4.69) is 5.32 Å². The molecular weight excluding hydrogens is 290 g/mol. The maximum absolute atomic E-state index is 13.0. The van der Waals surface area contributed by atoms with Crippen molar-refractivity contribution in [1.82, 2.24) is 10.2 Å². The molecule has 0 bridgehead atoms. The molecule has 0 aromatic heterocycles. The summed E-state index contributed by atoms with van der Waals surface area (Å²) in [7, 11) is 0. The number of fused-ring (bicyclic) bond motifs is 1. The minimum atomic E-state index is -0.418. The zero-order valence-corrected chi connectivity index (χ0v) is 11.8. The summed E-state index contributed by atoms with van der Waals surface area (Å²) in [6.07, 6.45) is 0. The summed E-state index contributed by atoms with van der Waals surface area (Å²) in [6, 6.07) is 3.93. The van der Waals surface area contributed by atoms with Crippen molar-refractivity contribution >= 4 is 29.9 Å². The molecule has 0 radical (unpaired) electrons. The molecule has 0 spiro atoms. The van der Waals surface area contributed by atoms with Gasteiger partial charge in [0, 0.05) is 26.2 Å². The van der Waals surface area contributed by atoms with E-state index in [1.54, 1.807) is 0 Å². The Hall–Kier alpha value is -0.840. The fraction of sp³-hybridized carbons (Fsp3) is 0.462. The van der Waals surface area contributed by atoms with Gasteiger partial charge in [-0.2, -0.15) is 0 Å². The van der Waals surface area contributed by atoms with E-state index in [4.69, 9.17) is 11.6 Å². The van der Waals surface area contributed by atoms with E-state index in [0.717, 1.165) is 26.2 Å². The Morgan fingerprint density at radius 1 is 1.32 bits per heavy atom. The molecule has 1 N–H and O–H groups in total. The van der Waals surface area contributed by atoms with Crippen LogP contribution >= 0.6 is 24.0 Å². The van der Waals surface area contributed by atoms with E-state index in [1.807, 2.05) is 4.90 Å². The number of amides is 1.